The Balaban J connectivity index is 1.68. The van der Waals surface area contributed by atoms with Crippen molar-refractivity contribution in [1.29, 1.82) is 0 Å². The molecule has 0 aromatic heterocycles. The Morgan fingerprint density at radius 1 is 1.16 bits per heavy atom. The number of amides is 1. The molecule has 0 fully saturated rings. The average molecular weight is 453 g/mol. The predicted molar refractivity (Wildman–Crippen MR) is 119 cm³/mol. The average Bonchev–Trinajstić information content (AvgIpc) is 3.38. The molecule has 9 heteroatoms. The molecule has 0 spiro atoms. The summed E-state index contributed by atoms with van der Waals surface area (Å²) in [5.41, 5.74) is 0.884. The molecule has 0 bridgehead atoms. The number of fused-ring (bicyclic) bond motifs is 1. The van der Waals surface area contributed by atoms with Gasteiger partial charge in [0.2, 0.25) is 6.79 Å². The lowest BCUT2D eigenvalue weighted by Gasteiger charge is -2.04. The van der Waals surface area contributed by atoms with Crippen LogP contribution < -0.4 is 14.2 Å². The SMILES string of the molecule is CCOC(=O)C1=C(O)/C(=C/c2ccc3c(c2)OCO3)SC1=NC(=O)c1ccc(OC)cc1. The van der Waals surface area contributed by atoms with Gasteiger partial charge in [0.15, 0.2) is 11.5 Å². The van der Waals surface area contributed by atoms with Crippen molar-refractivity contribution < 1.29 is 33.6 Å². The third-order valence-corrected chi connectivity index (χ3v) is 5.62. The fourth-order valence-corrected chi connectivity index (χ4v) is 4.05. The van der Waals surface area contributed by atoms with Crippen LogP contribution in [0.25, 0.3) is 6.08 Å². The third kappa shape index (κ3) is 4.33. The molecule has 164 valence electrons. The topological polar surface area (TPSA) is 104 Å². The van der Waals surface area contributed by atoms with Crippen molar-refractivity contribution in [2.24, 2.45) is 4.99 Å². The zero-order valence-corrected chi connectivity index (χ0v) is 18.1. The van der Waals surface area contributed by atoms with E-state index in [0.29, 0.717) is 33.3 Å². The molecule has 4 rings (SSSR count). The van der Waals surface area contributed by atoms with Gasteiger partial charge in [-0.25, -0.2) is 9.79 Å². The van der Waals surface area contributed by atoms with Gasteiger partial charge in [0.25, 0.3) is 5.91 Å². The van der Waals surface area contributed by atoms with Gasteiger partial charge in [-0.2, -0.15) is 0 Å². The second-order valence-corrected chi connectivity index (χ2v) is 7.65. The number of aliphatic hydroxyl groups excluding tert-OH is 1. The lowest BCUT2D eigenvalue weighted by Crippen LogP contribution is -2.14. The molecular formula is C23H19NO7S. The first-order chi connectivity index (χ1) is 15.5. The highest BCUT2D eigenvalue weighted by Gasteiger charge is 2.34. The van der Waals surface area contributed by atoms with Crippen LogP contribution in [-0.4, -0.2) is 42.5 Å². The number of esters is 1. The van der Waals surface area contributed by atoms with Crippen molar-refractivity contribution in [2.75, 3.05) is 20.5 Å². The van der Waals surface area contributed by atoms with Crippen molar-refractivity contribution in [2.45, 2.75) is 6.92 Å². The van der Waals surface area contributed by atoms with E-state index in [0.717, 1.165) is 11.8 Å². The van der Waals surface area contributed by atoms with Crippen molar-refractivity contribution in [3.05, 3.63) is 69.8 Å². The standard InChI is InChI=1S/C23H19NO7S/c1-3-29-23(27)19-20(25)18(11-13-4-9-16-17(10-13)31-12-30-16)32-22(19)24-21(26)14-5-7-15(28-2)8-6-14/h4-11,25H,3,12H2,1-2H3/b18-11-,24-22?. The van der Waals surface area contributed by atoms with Gasteiger partial charge < -0.3 is 24.1 Å². The number of aliphatic hydroxyl groups is 1. The molecule has 2 aromatic carbocycles. The van der Waals surface area contributed by atoms with Crippen molar-refractivity contribution in [1.82, 2.24) is 0 Å². The van der Waals surface area contributed by atoms with Gasteiger partial charge in [0.05, 0.1) is 18.6 Å². The molecule has 8 nitrogen and oxygen atoms in total. The molecule has 0 atom stereocenters. The zero-order chi connectivity index (χ0) is 22.7. The van der Waals surface area contributed by atoms with Gasteiger partial charge >= 0.3 is 5.97 Å². The number of thioether (sulfide) groups is 1. The largest absolute Gasteiger partial charge is 0.506 e. The predicted octanol–water partition coefficient (Wildman–Crippen LogP) is 4.13. The maximum absolute atomic E-state index is 12.7. The number of methoxy groups -OCH3 is 1. The van der Waals surface area contributed by atoms with E-state index in [1.807, 2.05) is 0 Å². The first-order valence-electron chi connectivity index (χ1n) is 9.67. The molecule has 1 N–H and O–H groups in total. The first-order valence-corrected chi connectivity index (χ1v) is 10.5. The van der Waals surface area contributed by atoms with Gasteiger partial charge in [0, 0.05) is 5.56 Å². The van der Waals surface area contributed by atoms with E-state index < -0.39 is 11.9 Å². The summed E-state index contributed by atoms with van der Waals surface area (Å²) >= 11 is 1.01. The van der Waals surface area contributed by atoms with E-state index >= 15 is 0 Å². The maximum Gasteiger partial charge on any atom is 0.344 e. The van der Waals surface area contributed by atoms with Crippen LogP contribution in [-0.2, 0) is 9.53 Å². The Bertz CT molecular complexity index is 1170. The summed E-state index contributed by atoms with van der Waals surface area (Å²) in [5.74, 6) is 0.197. The number of carbonyl (C=O) groups excluding carboxylic acids is 2. The highest BCUT2D eigenvalue weighted by Crippen LogP contribution is 2.40. The van der Waals surface area contributed by atoms with Gasteiger partial charge in [-0.1, -0.05) is 17.8 Å². The Morgan fingerprint density at radius 2 is 1.91 bits per heavy atom. The number of benzene rings is 2. The molecule has 1 amide bonds. The third-order valence-electron chi connectivity index (χ3n) is 4.60. The monoisotopic (exact) mass is 453 g/mol. The van der Waals surface area contributed by atoms with E-state index in [2.05, 4.69) is 4.99 Å². The van der Waals surface area contributed by atoms with E-state index in [-0.39, 0.29) is 29.8 Å². The molecule has 32 heavy (non-hydrogen) atoms. The fourth-order valence-electron chi connectivity index (χ4n) is 3.04. The molecular weight excluding hydrogens is 434 g/mol. The number of ether oxygens (including phenoxy) is 4. The molecule has 0 aliphatic carbocycles. The van der Waals surface area contributed by atoms with E-state index in [9.17, 15) is 14.7 Å². The molecule has 2 aliphatic rings. The Morgan fingerprint density at radius 3 is 2.62 bits per heavy atom. The lowest BCUT2D eigenvalue weighted by atomic mass is 10.1. The minimum atomic E-state index is -0.757. The van der Waals surface area contributed by atoms with E-state index in [1.54, 1.807) is 55.5 Å². The molecule has 2 heterocycles. The highest BCUT2D eigenvalue weighted by atomic mass is 32.2. The molecule has 0 saturated heterocycles. The van der Waals surface area contributed by atoms with Crippen molar-refractivity contribution >= 4 is 34.8 Å². The highest BCUT2D eigenvalue weighted by molar-refractivity contribution is 8.18. The van der Waals surface area contributed by atoms with Crippen LogP contribution in [0, 0.1) is 0 Å². The normalized spacial score (nSPS) is 17.2. The van der Waals surface area contributed by atoms with Crippen LogP contribution in [0.3, 0.4) is 0 Å². The summed E-state index contributed by atoms with van der Waals surface area (Å²) in [4.78, 5) is 29.6. The zero-order valence-electron chi connectivity index (χ0n) is 17.3. The van der Waals surface area contributed by atoms with Gasteiger partial charge in [-0.05, 0) is 55.0 Å². The van der Waals surface area contributed by atoms with Gasteiger partial charge in [-0.3, -0.25) is 4.79 Å². The number of aliphatic imine (C=N–C) groups is 1. The van der Waals surface area contributed by atoms with Gasteiger partial charge in [-0.15, -0.1) is 0 Å². The summed E-state index contributed by atoms with van der Waals surface area (Å²) < 4.78 is 20.8. The number of rotatable bonds is 5. The number of carbonyl (C=O) groups is 2. The minimum Gasteiger partial charge on any atom is -0.506 e. The van der Waals surface area contributed by atoms with E-state index in [1.165, 1.54) is 7.11 Å². The minimum absolute atomic E-state index is 0.0637. The summed E-state index contributed by atoms with van der Waals surface area (Å²) in [6.45, 7) is 1.91. The maximum atomic E-state index is 12.7. The quantitative estimate of drug-likeness (QED) is 0.674. The lowest BCUT2D eigenvalue weighted by molar-refractivity contribution is -0.138. The molecule has 0 unspecified atom stereocenters. The number of nitrogens with zero attached hydrogens (tertiary/aromatic N) is 1. The summed E-state index contributed by atoms with van der Waals surface area (Å²) in [6, 6.07) is 11.7. The smallest absolute Gasteiger partial charge is 0.344 e. The summed E-state index contributed by atoms with van der Waals surface area (Å²) in [6.07, 6.45) is 1.67. The Kier molecular flexibility index (Phi) is 6.18. The molecule has 0 radical (unpaired) electrons. The van der Waals surface area contributed by atoms with Crippen LogP contribution >= 0.6 is 11.8 Å². The number of hydrogen-bond acceptors (Lipinski definition) is 8. The van der Waals surface area contributed by atoms with Crippen LogP contribution in [0.2, 0.25) is 0 Å². The molecule has 0 saturated carbocycles. The van der Waals surface area contributed by atoms with Crippen molar-refractivity contribution in [3.8, 4) is 17.2 Å². The summed E-state index contributed by atoms with van der Waals surface area (Å²) in [7, 11) is 1.53. The fraction of sp³-hybridized carbons (Fsp3) is 0.174. The number of hydrogen-bond donors (Lipinski definition) is 1. The van der Waals surface area contributed by atoms with Crippen LogP contribution in [0.5, 0.6) is 17.2 Å². The Hall–Kier alpha value is -3.72. The second kappa shape index (κ2) is 9.19. The first kappa shape index (κ1) is 21.5. The Labute approximate surface area is 188 Å². The second-order valence-electron chi connectivity index (χ2n) is 6.62. The molecule has 2 aliphatic heterocycles. The summed E-state index contributed by atoms with van der Waals surface area (Å²) in [5, 5.41) is 10.8. The molecule has 2 aromatic rings. The van der Waals surface area contributed by atoms with Crippen LogP contribution in [0.15, 0.2) is 63.7 Å². The van der Waals surface area contributed by atoms with Gasteiger partial charge in [0.1, 0.15) is 22.1 Å². The van der Waals surface area contributed by atoms with Crippen molar-refractivity contribution in [3.63, 3.8) is 0 Å². The van der Waals surface area contributed by atoms with E-state index in [4.69, 9.17) is 18.9 Å². The van der Waals surface area contributed by atoms with Crippen LogP contribution in [0.4, 0.5) is 0 Å². The van der Waals surface area contributed by atoms with Crippen LogP contribution in [0.1, 0.15) is 22.8 Å².